The van der Waals surface area contributed by atoms with E-state index in [1.54, 1.807) is 0 Å². The number of nitrogens with one attached hydrogen (secondary N) is 2. The number of ether oxygens (including phenoxy) is 2. The average molecular weight is 1170 g/mol. The van der Waals surface area contributed by atoms with E-state index in [0.29, 0.717) is 45.0 Å². The molecule has 0 aromatic rings. The molecule has 438 valence electrons. The number of amides is 2. The Morgan fingerprint density at radius 2 is 0.770 bits per heavy atom. The van der Waals surface area contributed by atoms with Crippen LogP contribution in [0.25, 0.3) is 0 Å². The molecule has 0 saturated carbocycles. The van der Waals surface area contributed by atoms with Gasteiger partial charge >= 0.3 is 0 Å². The van der Waals surface area contributed by atoms with Crippen molar-refractivity contribution < 1.29 is 98.0 Å². The summed E-state index contributed by atoms with van der Waals surface area (Å²) in [6.07, 6.45) is -16.3. The maximum atomic E-state index is 12.6. The first-order valence-corrected chi connectivity index (χ1v) is 41.7. The van der Waals surface area contributed by atoms with Crippen LogP contribution in [-0.2, 0) is 36.8 Å². The molecule has 0 heterocycles. The van der Waals surface area contributed by atoms with Gasteiger partial charge in [-0.3, -0.25) is 19.4 Å². The molecule has 4 radical (unpaired) electrons. The van der Waals surface area contributed by atoms with Crippen LogP contribution in [0.4, 0.5) is 0 Å². The van der Waals surface area contributed by atoms with Gasteiger partial charge in [-0.05, 0) is 104 Å². The van der Waals surface area contributed by atoms with E-state index in [2.05, 4.69) is 89.2 Å². The van der Waals surface area contributed by atoms with Crippen LogP contribution in [-0.4, -0.2) is 300 Å². The molecule has 0 aliphatic carbocycles. The Bertz CT molecular complexity index is 1350. The number of nitrogens with zero attached hydrogens (tertiary/aromatic N) is 2. The highest BCUT2D eigenvalue weighted by Crippen LogP contribution is 2.17. The quantitative estimate of drug-likeness (QED) is 0.0159. The van der Waals surface area contributed by atoms with Crippen LogP contribution in [0.15, 0.2) is 0 Å². The molecule has 0 bridgehead atoms. The van der Waals surface area contributed by atoms with Gasteiger partial charge in [0, 0.05) is 39.3 Å². The van der Waals surface area contributed by atoms with Gasteiger partial charge in [0.25, 0.3) is 11.8 Å². The summed E-state index contributed by atoms with van der Waals surface area (Å²) in [7, 11) is -6.86. The van der Waals surface area contributed by atoms with Gasteiger partial charge in [0.1, 0.15) is 67.5 Å². The lowest BCUT2D eigenvalue weighted by molar-refractivity contribution is -0.149. The molecule has 14 N–H and O–H groups in total. The SMILES string of the molecule is C[Si](C)(C)OC(O[Si](C)(C)C)[Si]CCCN(CCNC(=O)[C@H](O)[C@@H](O)[C@H](O)[C@H](O)CO)CC(O)COCCOCC(O)CN(CCC[Si]C(O[Si](C)(C)C)O[Si](C)(C)C)CCNC(=O)[C@H](O)[C@@H](O)[C@H](O)[C@H](O)CO. The predicted molar refractivity (Wildman–Crippen MR) is 290 cm³/mol. The van der Waals surface area contributed by atoms with E-state index in [4.69, 9.17) is 37.4 Å². The fourth-order valence-corrected chi connectivity index (χ4v) is 16.4. The molecule has 0 rings (SSSR count). The van der Waals surface area contributed by atoms with Crippen molar-refractivity contribution in [3.05, 3.63) is 0 Å². The first-order chi connectivity index (χ1) is 34.1. The summed E-state index contributed by atoms with van der Waals surface area (Å²) in [4.78, 5) is 29.0. The zero-order valence-corrected chi connectivity index (χ0v) is 52.2. The highest BCUT2D eigenvalue weighted by molar-refractivity contribution is 6.72. The number of carbonyl (C=O) groups is 2. The smallest absolute Gasteiger partial charge is 0.251 e. The average Bonchev–Trinajstić information content (AvgIpc) is 3.28. The molecule has 0 aliphatic rings. The third-order valence-electron chi connectivity index (χ3n) is 10.2. The second-order valence-electron chi connectivity index (χ2n) is 22.2. The molecule has 0 fully saturated rings. The van der Waals surface area contributed by atoms with Crippen LogP contribution < -0.4 is 10.6 Å². The fourth-order valence-electron chi connectivity index (χ4n) is 6.63. The molecule has 2 unspecified atom stereocenters. The van der Waals surface area contributed by atoms with Gasteiger partial charge in [-0.25, -0.2) is 0 Å². The molecule has 0 aliphatic heterocycles. The molecule has 0 aromatic carbocycles. The van der Waals surface area contributed by atoms with E-state index >= 15 is 0 Å². The van der Waals surface area contributed by atoms with Crippen molar-refractivity contribution in [3.63, 3.8) is 0 Å². The molecular formula is C44H98N4O20Si6. The molecule has 10 atom stereocenters. The monoisotopic (exact) mass is 1170 g/mol. The van der Waals surface area contributed by atoms with E-state index in [1.807, 2.05) is 9.80 Å². The van der Waals surface area contributed by atoms with Crippen LogP contribution in [0.3, 0.4) is 0 Å². The lowest BCUT2D eigenvalue weighted by Crippen LogP contribution is -2.52. The highest BCUT2D eigenvalue weighted by Gasteiger charge is 2.36. The number of rotatable bonds is 45. The molecule has 2 amide bonds. The van der Waals surface area contributed by atoms with Crippen molar-refractivity contribution in [2.45, 2.75) is 176 Å². The van der Waals surface area contributed by atoms with Gasteiger partial charge in [-0.2, -0.15) is 0 Å². The van der Waals surface area contributed by atoms with Crippen molar-refractivity contribution >= 4 is 64.1 Å². The summed E-state index contributed by atoms with van der Waals surface area (Å²) in [5.41, 5.74) is 0. The maximum absolute atomic E-state index is 12.6. The summed E-state index contributed by atoms with van der Waals surface area (Å²) in [5.74, 6) is -2.62. The second-order valence-corrected chi connectivity index (χ2v) is 42.8. The topological polar surface area (TPSA) is 363 Å². The van der Waals surface area contributed by atoms with Crippen molar-refractivity contribution in [2.75, 3.05) is 92.0 Å². The van der Waals surface area contributed by atoms with E-state index < -0.39 is 119 Å². The standard InChI is InChI=1S/C44H98N4O20Si6/c1-71(2,3)65-43(66-72(4,5)6)69-23-13-17-47(19-15-45-41(61)39(59)37(57)35(55)33(53)27-49)25-31(51)29-63-21-22-64-30-32(52)26-48(18-14-24-70-44(67-73(7,8)9)68-74(10,11)12)20-16-46-42(62)40(60)38(58)36(56)34(54)28-50/h31-40,43-44,49-60H,13-30H2,1-12H3,(H,45,61)(H,46,62)/t31?,32?,33-,34-,35-,36-,37+,38+,39-,40-/m1/s1. The highest BCUT2D eigenvalue weighted by atomic mass is 28.4. The van der Waals surface area contributed by atoms with Crippen LogP contribution in [0, 0.1) is 0 Å². The third-order valence-corrected chi connectivity index (χ3v) is 17.2. The predicted octanol–water partition coefficient (Wildman–Crippen LogP) is -3.55. The van der Waals surface area contributed by atoms with Crippen molar-refractivity contribution in [3.8, 4) is 0 Å². The van der Waals surface area contributed by atoms with Gasteiger partial charge < -0.3 is 99.1 Å². The van der Waals surface area contributed by atoms with Gasteiger partial charge in [-0.15, -0.1) is 0 Å². The van der Waals surface area contributed by atoms with Gasteiger partial charge in [0.2, 0.25) is 0 Å². The lowest BCUT2D eigenvalue weighted by atomic mass is 10.0. The van der Waals surface area contributed by atoms with Gasteiger partial charge in [0.15, 0.2) is 45.5 Å². The Labute approximate surface area is 449 Å². The third kappa shape index (κ3) is 36.6. The van der Waals surface area contributed by atoms with Crippen molar-refractivity contribution in [1.29, 1.82) is 0 Å². The summed E-state index contributed by atoms with van der Waals surface area (Å²) < 4.78 is 36.7. The summed E-state index contributed by atoms with van der Waals surface area (Å²) in [6.45, 7) is 25.3. The molecule has 0 saturated heterocycles. The first kappa shape index (κ1) is 73.4. The van der Waals surface area contributed by atoms with Crippen molar-refractivity contribution in [2.24, 2.45) is 0 Å². The molecular weight excluding hydrogens is 1070 g/mol. The summed E-state index contributed by atoms with van der Waals surface area (Å²) in [6, 6.07) is 1.54. The second kappa shape index (κ2) is 37.4. The summed E-state index contributed by atoms with van der Waals surface area (Å²) in [5, 5.41) is 125. The minimum absolute atomic E-state index is 0.00220. The Hall–Kier alpha value is -0.559. The Morgan fingerprint density at radius 1 is 0.473 bits per heavy atom. The molecule has 0 spiro atoms. The number of hydrogen-bond acceptors (Lipinski definition) is 22. The summed E-state index contributed by atoms with van der Waals surface area (Å²) >= 11 is 0. The molecule has 0 aromatic heterocycles. The van der Waals surface area contributed by atoms with Gasteiger partial charge in [-0.1, -0.05) is 12.1 Å². The maximum Gasteiger partial charge on any atom is 0.251 e. The van der Waals surface area contributed by atoms with E-state index in [-0.39, 0.29) is 77.5 Å². The number of aliphatic hydroxyl groups excluding tert-OH is 12. The van der Waals surface area contributed by atoms with Crippen LogP contribution >= 0.6 is 0 Å². The number of hydrogen-bond donors (Lipinski definition) is 14. The van der Waals surface area contributed by atoms with E-state index in [0.717, 1.165) is 12.1 Å². The molecule has 30 heteroatoms. The van der Waals surface area contributed by atoms with Gasteiger partial charge in [0.05, 0.1) is 51.8 Å². The van der Waals surface area contributed by atoms with E-state index in [1.165, 1.54) is 0 Å². The normalized spacial score (nSPS) is 17.3. The zero-order valence-electron chi connectivity index (χ0n) is 46.2. The number of carbonyl (C=O) groups excluding carboxylic acids is 2. The Morgan fingerprint density at radius 3 is 1.04 bits per heavy atom. The zero-order chi connectivity index (χ0) is 57.0. The molecule has 24 nitrogen and oxygen atoms in total. The Balaban J connectivity index is 5.53. The minimum Gasteiger partial charge on any atom is -0.397 e. The largest absolute Gasteiger partial charge is 0.397 e. The first-order valence-electron chi connectivity index (χ1n) is 25.5. The van der Waals surface area contributed by atoms with Crippen molar-refractivity contribution in [1.82, 2.24) is 20.4 Å². The van der Waals surface area contributed by atoms with Crippen LogP contribution in [0.5, 0.6) is 0 Å². The van der Waals surface area contributed by atoms with Crippen LogP contribution in [0.1, 0.15) is 12.8 Å². The van der Waals surface area contributed by atoms with Crippen LogP contribution in [0.2, 0.25) is 90.7 Å². The molecule has 74 heavy (non-hydrogen) atoms. The van der Waals surface area contributed by atoms with E-state index in [9.17, 15) is 60.7 Å². The minimum atomic E-state index is -2.09. The fraction of sp³-hybridized carbons (Fsp3) is 0.955. The lowest BCUT2D eigenvalue weighted by Gasteiger charge is -2.32. The Kier molecular flexibility index (Phi) is 37.1. The number of aliphatic hydroxyl groups is 12.